The van der Waals surface area contributed by atoms with E-state index in [2.05, 4.69) is 11.4 Å². The molecule has 6 rings (SSSR count). The molecular formula is C19H25NO3. The van der Waals surface area contributed by atoms with E-state index in [9.17, 15) is 14.7 Å². The van der Waals surface area contributed by atoms with Crippen LogP contribution in [-0.2, 0) is 9.59 Å². The van der Waals surface area contributed by atoms with Crippen molar-refractivity contribution in [1.82, 2.24) is 5.32 Å². The SMILES string of the molecule is O=C(O)C1C2C=CC(C2)C1C(=O)NC1C2CC3CC(C2)CC1C3. The van der Waals surface area contributed by atoms with Crippen LogP contribution in [0.2, 0.25) is 0 Å². The molecule has 1 amide bonds. The maximum absolute atomic E-state index is 12.9. The van der Waals surface area contributed by atoms with Crippen molar-refractivity contribution < 1.29 is 14.7 Å². The molecule has 5 fully saturated rings. The molecule has 6 aliphatic carbocycles. The second kappa shape index (κ2) is 4.84. The van der Waals surface area contributed by atoms with Gasteiger partial charge in [-0.3, -0.25) is 9.59 Å². The number of hydrogen-bond acceptors (Lipinski definition) is 2. The molecule has 124 valence electrons. The van der Waals surface area contributed by atoms with Crippen molar-refractivity contribution in [3.8, 4) is 0 Å². The van der Waals surface area contributed by atoms with Crippen LogP contribution in [0.15, 0.2) is 12.2 Å². The summed E-state index contributed by atoms with van der Waals surface area (Å²) in [4.78, 5) is 24.6. The van der Waals surface area contributed by atoms with Gasteiger partial charge in [-0.1, -0.05) is 12.2 Å². The van der Waals surface area contributed by atoms with E-state index in [1.807, 2.05) is 6.08 Å². The monoisotopic (exact) mass is 315 g/mol. The van der Waals surface area contributed by atoms with Crippen molar-refractivity contribution in [3.63, 3.8) is 0 Å². The van der Waals surface area contributed by atoms with Gasteiger partial charge in [0, 0.05) is 6.04 Å². The number of nitrogens with one attached hydrogen (secondary N) is 1. The zero-order chi connectivity index (χ0) is 15.7. The quantitative estimate of drug-likeness (QED) is 0.786. The zero-order valence-corrected chi connectivity index (χ0v) is 13.4. The van der Waals surface area contributed by atoms with Crippen LogP contribution in [0.4, 0.5) is 0 Å². The third-order valence-corrected chi connectivity index (χ3v) is 7.58. The Bertz CT molecular complexity index is 555. The second-order valence-corrected chi connectivity index (χ2v) is 8.80. The van der Waals surface area contributed by atoms with Gasteiger partial charge in [0.15, 0.2) is 0 Å². The summed E-state index contributed by atoms with van der Waals surface area (Å²) >= 11 is 0. The van der Waals surface area contributed by atoms with Crippen molar-refractivity contribution in [2.24, 2.45) is 47.3 Å². The number of carbonyl (C=O) groups is 2. The lowest BCUT2D eigenvalue weighted by atomic mass is 9.54. The summed E-state index contributed by atoms with van der Waals surface area (Å²) in [7, 11) is 0. The lowest BCUT2D eigenvalue weighted by Gasteiger charge is -2.54. The Hall–Kier alpha value is -1.32. The van der Waals surface area contributed by atoms with Crippen LogP contribution in [0.5, 0.6) is 0 Å². The Morgan fingerprint density at radius 1 is 0.826 bits per heavy atom. The van der Waals surface area contributed by atoms with Gasteiger partial charge in [-0.25, -0.2) is 0 Å². The Morgan fingerprint density at radius 2 is 1.39 bits per heavy atom. The number of fused-ring (bicyclic) bond motifs is 2. The van der Waals surface area contributed by atoms with Crippen molar-refractivity contribution >= 4 is 11.9 Å². The smallest absolute Gasteiger partial charge is 0.307 e. The molecule has 6 bridgehead atoms. The standard InChI is InChI=1S/C19H25NO3/c21-18(15-11-1-2-12(8-11)16(15)19(22)23)20-17-13-4-9-3-10(6-13)7-14(17)5-9/h1-2,9-17H,3-8H2,(H,20,21)(H,22,23). The predicted molar refractivity (Wildman–Crippen MR) is 84.3 cm³/mol. The molecule has 4 unspecified atom stereocenters. The Kier molecular flexibility index (Phi) is 2.96. The maximum Gasteiger partial charge on any atom is 0.307 e. The fraction of sp³-hybridized carbons (Fsp3) is 0.789. The highest BCUT2D eigenvalue weighted by Crippen LogP contribution is 2.54. The van der Waals surface area contributed by atoms with E-state index in [4.69, 9.17) is 0 Å². The van der Waals surface area contributed by atoms with E-state index in [1.54, 1.807) is 0 Å². The second-order valence-electron chi connectivity index (χ2n) is 8.80. The van der Waals surface area contributed by atoms with Gasteiger partial charge < -0.3 is 10.4 Å². The number of rotatable bonds is 3. The Labute approximate surface area is 136 Å². The van der Waals surface area contributed by atoms with Crippen LogP contribution in [0, 0.1) is 47.3 Å². The molecule has 0 heterocycles. The normalized spacial score (nSPS) is 52.1. The minimum atomic E-state index is -0.799. The van der Waals surface area contributed by atoms with Crippen molar-refractivity contribution in [2.75, 3.05) is 0 Å². The van der Waals surface area contributed by atoms with Gasteiger partial charge in [0.2, 0.25) is 5.91 Å². The van der Waals surface area contributed by atoms with Gasteiger partial charge in [0.25, 0.3) is 0 Å². The summed E-state index contributed by atoms with van der Waals surface area (Å²) in [6, 6.07) is 0.313. The molecule has 0 aromatic rings. The number of carbonyl (C=O) groups excluding carboxylic acids is 1. The largest absolute Gasteiger partial charge is 0.481 e. The third-order valence-electron chi connectivity index (χ3n) is 7.58. The highest BCUT2D eigenvalue weighted by molar-refractivity contribution is 5.87. The summed E-state index contributed by atoms with van der Waals surface area (Å²) in [6.45, 7) is 0. The van der Waals surface area contributed by atoms with Crippen LogP contribution in [0.25, 0.3) is 0 Å². The Balaban J connectivity index is 1.34. The summed E-state index contributed by atoms with van der Waals surface area (Å²) in [6.07, 6.45) is 11.4. The van der Waals surface area contributed by atoms with Crippen LogP contribution < -0.4 is 5.32 Å². The van der Waals surface area contributed by atoms with Crippen LogP contribution in [0.3, 0.4) is 0 Å². The van der Waals surface area contributed by atoms with E-state index in [0.29, 0.717) is 17.9 Å². The first-order valence-electron chi connectivity index (χ1n) is 9.31. The summed E-state index contributed by atoms with van der Waals surface area (Å²) in [5, 5.41) is 12.9. The van der Waals surface area contributed by atoms with Crippen molar-refractivity contribution in [2.45, 2.75) is 44.6 Å². The molecule has 0 saturated heterocycles. The number of allylic oxidation sites excluding steroid dienone is 2. The molecule has 0 spiro atoms. The molecule has 4 nitrogen and oxygen atoms in total. The summed E-state index contributed by atoms with van der Waals surface area (Å²) in [5.41, 5.74) is 0. The molecule has 0 aromatic carbocycles. The molecule has 5 saturated carbocycles. The predicted octanol–water partition coefficient (Wildman–Crippen LogP) is 2.45. The number of amides is 1. The van der Waals surface area contributed by atoms with Gasteiger partial charge >= 0.3 is 5.97 Å². The first kappa shape index (κ1) is 14.1. The van der Waals surface area contributed by atoms with Gasteiger partial charge in [-0.2, -0.15) is 0 Å². The molecule has 4 atom stereocenters. The van der Waals surface area contributed by atoms with Crippen LogP contribution >= 0.6 is 0 Å². The maximum atomic E-state index is 12.9. The minimum absolute atomic E-state index is 0.0201. The number of carboxylic acids is 1. The fourth-order valence-electron chi connectivity index (χ4n) is 6.94. The minimum Gasteiger partial charge on any atom is -0.481 e. The lowest BCUT2D eigenvalue weighted by molar-refractivity contribution is -0.148. The molecule has 23 heavy (non-hydrogen) atoms. The van der Waals surface area contributed by atoms with E-state index in [1.165, 1.54) is 32.1 Å². The zero-order valence-electron chi connectivity index (χ0n) is 13.4. The van der Waals surface area contributed by atoms with E-state index >= 15 is 0 Å². The van der Waals surface area contributed by atoms with Gasteiger partial charge in [0.05, 0.1) is 11.8 Å². The topological polar surface area (TPSA) is 66.4 Å². The van der Waals surface area contributed by atoms with Crippen molar-refractivity contribution in [3.05, 3.63) is 12.2 Å². The van der Waals surface area contributed by atoms with Gasteiger partial charge in [-0.15, -0.1) is 0 Å². The first-order chi connectivity index (χ1) is 11.1. The van der Waals surface area contributed by atoms with Gasteiger partial charge in [-0.05, 0) is 74.0 Å². The molecular weight excluding hydrogens is 290 g/mol. The highest BCUT2D eigenvalue weighted by atomic mass is 16.4. The molecule has 2 N–H and O–H groups in total. The summed E-state index contributed by atoms with van der Waals surface area (Å²) < 4.78 is 0. The van der Waals surface area contributed by atoms with E-state index < -0.39 is 11.9 Å². The molecule has 0 radical (unpaired) electrons. The van der Waals surface area contributed by atoms with Crippen LogP contribution in [0.1, 0.15) is 38.5 Å². The highest BCUT2D eigenvalue weighted by Gasteiger charge is 2.54. The first-order valence-corrected chi connectivity index (χ1v) is 9.31. The Morgan fingerprint density at radius 3 is 1.96 bits per heavy atom. The van der Waals surface area contributed by atoms with Crippen molar-refractivity contribution in [1.29, 1.82) is 0 Å². The van der Waals surface area contributed by atoms with E-state index in [0.717, 1.165) is 18.3 Å². The fourth-order valence-corrected chi connectivity index (χ4v) is 6.94. The van der Waals surface area contributed by atoms with Gasteiger partial charge in [0.1, 0.15) is 0 Å². The average Bonchev–Trinajstić information content (AvgIpc) is 3.10. The number of carboxylic acid groups (broad SMARTS) is 1. The lowest BCUT2D eigenvalue weighted by Crippen LogP contribution is -2.57. The molecule has 0 aromatic heterocycles. The van der Waals surface area contributed by atoms with E-state index in [-0.39, 0.29) is 23.7 Å². The molecule has 6 aliphatic rings. The number of hydrogen-bond donors (Lipinski definition) is 2. The molecule has 4 heteroatoms. The average molecular weight is 315 g/mol. The van der Waals surface area contributed by atoms with Crippen LogP contribution in [-0.4, -0.2) is 23.0 Å². The number of aliphatic carboxylic acids is 1. The molecule has 0 aliphatic heterocycles. The summed E-state index contributed by atoms with van der Waals surface area (Å²) in [5.74, 6) is 1.64. The third kappa shape index (κ3) is 2.03.